The molecule has 0 radical (unpaired) electrons. The molecule has 0 unspecified atom stereocenters. The van der Waals surface area contributed by atoms with Gasteiger partial charge < -0.3 is 9.84 Å². The molecule has 11 atom stereocenters. The van der Waals surface area contributed by atoms with Gasteiger partial charge in [0.1, 0.15) is 6.10 Å². The second-order valence-electron chi connectivity index (χ2n) is 15.0. The highest BCUT2D eigenvalue weighted by Gasteiger charge is 2.61. The molecule has 3 fully saturated rings. The molecular weight excluding hydrogens is 496 g/mol. The van der Waals surface area contributed by atoms with Crippen molar-refractivity contribution in [2.75, 3.05) is 0 Å². The Morgan fingerprint density at radius 3 is 2.30 bits per heavy atom. The van der Waals surface area contributed by atoms with Crippen LogP contribution in [0.1, 0.15) is 104 Å². The second kappa shape index (κ2) is 11.0. The summed E-state index contributed by atoms with van der Waals surface area (Å²) in [7, 11) is 0. The third-order valence-corrected chi connectivity index (χ3v) is 12.6. The number of ketones is 1. The molecule has 220 valence electrons. The number of ether oxygens (including phenoxy) is 1. The van der Waals surface area contributed by atoms with Crippen LogP contribution in [-0.4, -0.2) is 29.1 Å². The fourth-order valence-corrected chi connectivity index (χ4v) is 9.81. The molecule has 4 nitrogen and oxygen atoms in total. The van der Waals surface area contributed by atoms with Gasteiger partial charge in [0.15, 0.2) is 5.78 Å². The predicted molar refractivity (Wildman–Crippen MR) is 160 cm³/mol. The Bertz CT molecular complexity index is 1120. The maximum absolute atomic E-state index is 13.9. The second-order valence-corrected chi connectivity index (χ2v) is 15.0. The van der Waals surface area contributed by atoms with E-state index in [0.29, 0.717) is 35.2 Å². The minimum atomic E-state index is -0.287. The van der Waals surface area contributed by atoms with Gasteiger partial charge in [0.25, 0.3) is 0 Å². The number of hydrogen-bond donors (Lipinski definition) is 1. The summed E-state index contributed by atoms with van der Waals surface area (Å²) < 4.78 is 6.02. The van der Waals surface area contributed by atoms with E-state index in [1.54, 1.807) is 12.1 Å². The SMILES string of the molecule is CC(C)[C@H](C)C[C@H](O)[C@@H](C)[C@H]1CC[C@H]2C3=CC(=O)[C@H]4[C@H](C)[C@@H](OC(=O)c5ccccc5)CC[C@]4(C)[C@H]3CC[C@]12C. The number of fused-ring (bicyclic) bond motifs is 5. The van der Waals surface area contributed by atoms with E-state index in [1.807, 2.05) is 24.3 Å². The highest BCUT2D eigenvalue weighted by atomic mass is 16.5. The van der Waals surface area contributed by atoms with E-state index in [4.69, 9.17) is 4.74 Å². The van der Waals surface area contributed by atoms with Gasteiger partial charge in [-0.25, -0.2) is 4.79 Å². The van der Waals surface area contributed by atoms with E-state index < -0.39 is 0 Å². The van der Waals surface area contributed by atoms with Crippen LogP contribution < -0.4 is 0 Å². The first-order valence-corrected chi connectivity index (χ1v) is 16.1. The average molecular weight is 549 g/mol. The lowest BCUT2D eigenvalue weighted by Crippen LogP contribution is -2.56. The Balaban J connectivity index is 1.34. The van der Waals surface area contributed by atoms with E-state index in [9.17, 15) is 14.7 Å². The molecule has 0 saturated heterocycles. The minimum Gasteiger partial charge on any atom is -0.458 e. The zero-order chi connectivity index (χ0) is 29.0. The van der Waals surface area contributed by atoms with Crippen molar-refractivity contribution < 1.29 is 19.4 Å². The molecule has 1 aromatic carbocycles. The number of aliphatic hydroxyl groups is 1. The average Bonchev–Trinajstić information content (AvgIpc) is 3.27. The topological polar surface area (TPSA) is 63.6 Å². The minimum absolute atomic E-state index is 0.000495. The van der Waals surface area contributed by atoms with Crippen LogP contribution in [0.15, 0.2) is 42.0 Å². The van der Waals surface area contributed by atoms with Crippen molar-refractivity contribution in [3.05, 3.63) is 47.5 Å². The van der Waals surface area contributed by atoms with Crippen molar-refractivity contribution in [2.45, 2.75) is 106 Å². The molecule has 4 aliphatic carbocycles. The van der Waals surface area contributed by atoms with Gasteiger partial charge in [-0.3, -0.25) is 4.79 Å². The fraction of sp³-hybridized carbons (Fsp3) is 0.722. The molecule has 0 spiro atoms. The number of carbonyl (C=O) groups excluding carboxylic acids is 2. The lowest BCUT2D eigenvalue weighted by molar-refractivity contribution is -0.140. The van der Waals surface area contributed by atoms with Gasteiger partial charge in [0, 0.05) is 11.8 Å². The maximum Gasteiger partial charge on any atom is 0.338 e. The first kappa shape index (κ1) is 29.5. The van der Waals surface area contributed by atoms with Crippen LogP contribution in [0, 0.1) is 58.2 Å². The van der Waals surface area contributed by atoms with Crippen LogP contribution in [0.25, 0.3) is 0 Å². The van der Waals surface area contributed by atoms with E-state index >= 15 is 0 Å². The summed E-state index contributed by atoms with van der Waals surface area (Å²) >= 11 is 0. The van der Waals surface area contributed by atoms with Gasteiger partial charge in [-0.2, -0.15) is 0 Å². The molecule has 0 amide bonds. The number of rotatable bonds is 7. The van der Waals surface area contributed by atoms with Gasteiger partial charge in [-0.05, 0) is 109 Å². The lowest BCUT2D eigenvalue weighted by atomic mass is 9.46. The summed E-state index contributed by atoms with van der Waals surface area (Å²) in [6.45, 7) is 16.0. The fourth-order valence-electron chi connectivity index (χ4n) is 9.81. The van der Waals surface area contributed by atoms with Gasteiger partial charge in [-0.1, -0.05) is 72.2 Å². The van der Waals surface area contributed by atoms with Crippen molar-refractivity contribution in [3.8, 4) is 0 Å². The van der Waals surface area contributed by atoms with Crippen molar-refractivity contribution in [1.82, 2.24) is 0 Å². The van der Waals surface area contributed by atoms with Crippen LogP contribution in [0.3, 0.4) is 0 Å². The van der Waals surface area contributed by atoms with Crippen LogP contribution in [-0.2, 0) is 9.53 Å². The largest absolute Gasteiger partial charge is 0.458 e. The van der Waals surface area contributed by atoms with Crippen molar-refractivity contribution >= 4 is 11.8 Å². The van der Waals surface area contributed by atoms with Crippen LogP contribution in [0.5, 0.6) is 0 Å². The van der Waals surface area contributed by atoms with E-state index in [0.717, 1.165) is 38.5 Å². The summed E-state index contributed by atoms with van der Waals surface area (Å²) in [5, 5.41) is 11.3. The van der Waals surface area contributed by atoms with Crippen LogP contribution in [0.4, 0.5) is 0 Å². The van der Waals surface area contributed by atoms with E-state index in [2.05, 4.69) is 48.5 Å². The molecule has 4 aliphatic rings. The monoisotopic (exact) mass is 548 g/mol. The Hall–Kier alpha value is -1.94. The molecule has 1 N–H and O–H groups in total. The molecule has 0 heterocycles. The summed E-state index contributed by atoms with van der Waals surface area (Å²) in [4.78, 5) is 26.8. The van der Waals surface area contributed by atoms with Crippen molar-refractivity contribution in [2.24, 2.45) is 58.2 Å². The molecular formula is C36H52O4. The molecule has 0 aromatic heterocycles. The number of esters is 1. The Morgan fingerprint density at radius 2 is 1.62 bits per heavy atom. The normalized spacial score (nSPS) is 39.4. The number of allylic oxidation sites excluding steroid dienone is 2. The van der Waals surface area contributed by atoms with E-state index in [1.165, 1.54) is 12.0 Å². The molecule has 1 aromatic rings. The van der Waals surface area contributed by atoms with Gasteiger partial charge in [0.2, 0.25) is 0 Å². The Kier molecular flexibility index (Phi) is 8.16. The first-order chi connectivity index (χ1) is 18.9. The Morgan fingerprint density at radius 1 is 0.975 bits per heavy atom. The highest BCUT2D eigenvalue weighted by Crippen LogP contribution is 2.67. The molecule has 40 heavy (non-hydrogen) atoms. The smallest absolute Gasteiger partial charge is 0.338 e. The third kappa shape index (κ3) is 4.91. The van der Waals surface area contributed by atoms with Gasteiger partial charge in [-0.15, -0.1) is 0 Å². The molecule has 3 saturated carbocycles. The predicted octanol–water partition coefficient (Wildman–Crippen LogP) is 7.90. The third-order valence-electron chi connectivity index (χ3n) is 12.6. The lowest BCUT2D eigenvalue weighted by Gasteiger charge is -2.58. The molecule has 0 bridgehead atoms. The van der Waals surface area contributed by atoms with E-state index in [-0.39, 0.29) is 52.5 Å². The Labute approximate surface area is 242 Å². The molecule has 4 heteroatoms. The van der Waals surface area contributed by atoms with Gasteiger partial charge in [0.05, 0.1) is 11.7 Å². The van der Waals surface area contributed by atoms with Crippen LogP contribution in [0.2, 0.25) is 0 Å². The first-order valence-electron chi connectivity index (χ1n) is 16.1. The number of benzene rings is 1. The van der Waals surface area contributed by atoms with Gasteiger partial charge >= 0.3 is 5.97 Å². The standard InChI is InChI=1S/C36H52O4/c1-21(2)22(3)19-30(37)23(4)27-13-14-28-26-20-31(38)33-24(5)32(40-34(39)25-11-9-8-10-12-25)16-18-36(33,7)29(26)15-17-35(27,28)6/h8-12,20-24,27-30,32-33,37H,13-19H2,1-7H3/t22-,23+,24-,27-,28+,29+,30+,32+,33-,35-,36-/m1/s1. The summed E-state index contributed by atoms with van der Waals surface area (Å²) in [6, 6.07) is 9.19. The number of carbonyl (C=O) groups is 2. The zero-order valence-electron chi connectivity index (χ0n) is 25.9. The molecule has 0 aliphatic heterocycles. The zero-order valence-corrected chi connectivity index (χ0v) is 25.9. The molecule has 5 rings (SSSR count). The van der Waals surface area contributed by atoms with Crippen LogP contribution >= 0.6 is 0 Å². The highest BCUT2D eigenvalue weighted by molar-refractivity contribution is 5.95. The number of hydrogen-bond acceptors (Lipinski definition) is 4. The summed E-state index contributed by atoms with van der Waals surface area (Å²) in [6.07, 6.45) is 8.68. The summed E-state index contributed by atoms with van der Waals surface area (Å²) in [5.41, 5.74) is 2.03. The maximum atomic E-state index is 13.9. The quantitative estimate of drug-likeness (QED) is 0.352. The number of aliphatic hydroxyl groups excluding tert-OH is 1. The van der Waals surface area contributed by atoms with Crippen molar-refractivity contribution in [3.63, 3.8) is 0 Å². The summed E-state index contributed by atoms with van der Waals surface area (Å²) in [5.74, 6) is 2.54. The van der Waals surface area contributed by atoms with Crippen molar-refractivity contribution in [1.29, 1.82) is 0 Å².